The third-order valence-electron chi connectivity index (χ3n) is 4.22. The van der Waals surface area contributed by atoms with Crippen molar-refractivity contribution in [2.75, 3.05) is 26.7 Å². The van der Waals surface area contributed by atoms with Crippen molar-refractivity contribution in [1.82, 2.24) is 20.2 Å². The Morgan fingerprint density at radius 1 is 1.42 bits per heavy atom. The van der Waals surface area contributed by atoms with Gasteiger partial charge >= 0.3 is 0 Å². The summed E-state index contributed by atoms with van der Waals surface area (Å²) >= 11 is 1.62. The average Bonchev–Trinajstić information content (AvgIpc) is 3.16. The number of nitrogens with one attached hydrogen (secondary N) is 2. The van der Waals surface area contributed by atoms with Crippen molar-refractivity contribution in [3.63, 3.8) is 0 Å². The third kappa shape index (κ3) is 4.72. The highest BCUT2D eigenvalue weighted by Crippen LogP contribution is 2.24. The Morgan fingerprint density at radius 2 is 2.12 bits per heavy atom. The Morgan fingerprint density at radius 3 is 2.71 bits per heavy atom. The number of halogens is 2. The van der Waals surface area contributed by atoms with Crippen LogP contribution in [0.15, 0.2) is 17.6 Å². The molecule has 0 spiro atoms. The molecule has 0 unspecified atom stereocenters. The molecule has 2 aromatic rings. The molecule has 1 aliphatic heterocycles. The summed E-state index contributed by atoms with van der Waals surface area (Å²) in [6.07, 6.45) is 4.02. The van der Waals surface area contributed by atoms with Crippen LogP contribution in [0.2, 0.25) is 0 Å². The molecule has 8 heteroatoms. The fourth-order valence-corrected chi connectivity index (χ4v) is 3.58. The minimum absolute atomic E-state index is 0. The molecule has 134 valence electrons. The smallest absolute Gasteiger partial charge is 0.270 e. The first-order chi connectivity index (χ1) is 10.7. The summed E-state index contributed by atoms with van der Waals surface area (Å²) in [5.74, 6) is 0.785. The van der Waals surface area contributed by atoms with E-state index in [-0.39, 0.29) is 30.7 Å². The van der Waals surface area contributed by atoms with Gasteiger partial charge in [0, 0.05) is 30.2 Å². The quantitative estimate of drug-likeness (QED) is 0.840. The summed E-state index contributed by atoms with van der Waals surface area (Å²) in [4.78, 5) is 22.1. The van der Waals surface area contributed by atoms with Crippen LogP contribution in [0, 0.1) is 12.8 Å². The van der Waals surface area contributed by atoms with Gasteiger partial charge in [-0.3, -0.25) is 4.79 Å². The first-order valence-electron chi connectivity index (χ1n) is 7.72. The van der Waals surface area contributed by atoms with E-state index in [2.05, 4.69) is 15.3 Å². The second-order valence-electron chi connectivity index (χ2n) is 5.85. The van der Waals surface area contributed by atoms with Gasteiger partial charge in [-0.25, -0.2) is 4.98 Å². The van der Waals surface area contributed by atoms with E-state index in [1.807, 2.05) is 36.5 Å². The van der Waals surface area contributed by atoms with Crippen LogP contribution >= 0.6 is 36.2 Å². The van der Waals surface area contributed by atoms with E-state index in [1.54, 1.807) is 11.3 Å². The zero-order chi connectivity index (χ0) is 15.5. The van der Waals surface area contributed by atoms with Crippen molar-refractivity contribution < 1.29 is 4.79 Å². The summed E-state index contributed by atoms with van der Waals surface area (Å²) in [5, 5.41) is 6.28. The number of aromatic amines is 1. The molecule has 2 aromatic heterocycles. The van der Waals surface area contributed by atoms with Gasteiger partial charge in [0.1, 0.15) is 5.69 Å². The molecule has 1 fully saturated rings. The molecule has 1 amide bonds. The van der Waals surface area contributed by atoms with E-state index < -0.39 is 0 Å². The van der Waals surface area contributed by atoms with Crippen molar-refractivity contribution in [3.8, 4) is 11.3 Å². The minimum atomic E-state index is 0. The Kier molecular flexibility index (Phi) is 8.22. The Bertz CT molecular complexity index is 650. The Balaban J connectivity index is 0.00000144. The number of piperidine rings is 1. The number of H-pyrrole nitrogens is 1. The minimum Gasteiger partial charge on any atom is -0.357 e. The lowest BCUT2D eigenvalue weighted by Gasteiger charge is -2.31. The van der Waals surface area contributed by atoms with E-state index in [0.29, 0.717) is 11.6 Å². The van der Waals surface area contributed by atoms with Gasteiger partial charge in [-0.1, -0.05) is 0 Å². The standard InChI is InChI=1S/C16H22N4OS.2ClH/c1-11-19-15(10-22-11)13-7-14(18-9-13)16(21)20-5-3-12(4-6-20)8-17-2;;/h7,9-10,12,17-18H,3-6,8H2,1-2H3;2*1H. The Hall–Kier alpha value is -1.08. The zero-order valence-corrected chi connectivity index (χ0v) is 16.3. The molecule has 1 saturated heterocycles. The summed E-state index contributed by atoms with van der Waals surface area (Å²) in [5.41, 5.74) is 2.58. The van der Waals surface area contributed by atoms with Gasteiger partial charge < -0.3 is 15.2 Å². The van der Waals surface area contributed by atoms with Gasteiger partial charge in [0.25, 0.3) is 5.91 Å². The number of nitrogens with zero attached hydrogens (tertiary/aromatic N) is 2. The summed E-state index contributed by atoms with van der Waals surface area (Å²) in [7, 11) is 1.98. The van der Waals surface area contributed by atoms with Crippen LogP contribution in [-0.4, -0.2) is 47.5 Å². The van der Waals surface area contributed by atoms with Crippen LogP contribution in [0.3, 0.4) is 0 Å². The van der Waals surface area contributed by atoms with Crippen LogP contribution in [0.1, 0.15) is 28.3 Å². The topological polar surface area (TPSA) is 61.0 Å². The van der Waals surface area contributed by atoms with Crippen LogP contribution in [0.25, 0.3) is 11.3 Å². The van der Waals surface area contributed by atoms with Gasteiger partial charge in [0.15, 0.2) is 0 Å². The number of likely N-dealkylation sites (tertiary alicyclic amines) is 1. The number of aryl methyl sites for hydroxylation is 1. The largest absolute Gasteiger partial charge is 0.357 e. The van der Waals surface area contributed by atoms with Gasteiger partial charge in [0.05, 0.1) is 10.7 Å². The number of rotatable bonds is 4. The lowest BCUT2D eigenvalue weighted by atomic mass is 9.96. The lowest BCUT2D eigenvalue weighted by molar-refractivity contribution is 0.0685. The highest BCUT2D eigenvalue weighted by molar-refractivity contribution is 7.09. The number of hydrogen-bond donors (Lipinski definition) is 2. The van der Waals surface area contributed by atoms with Crippen molar-refractivity contribution in [2.24, 2.45) is 5.92 Å². The van der Waals surface area contributed by atoms with Gasteiger partial charge in [-0.05, 0) is 45.3 Å². The molecule has 3 rings (SSSR count). The maximum Gasteiger partial charge on any atom is 0.270 e. The predicted octanol–water partition coefficient (Wildman–Crippen LogP) is 3.36. The van der Waals surface area contributed by atoms with Gasteiger partial charge in [-0.2, -0.15) is 0 Å². The number of thiazole rings is 1. The van der Waals surface area contributed by atoms with Crippen molar-refractivity contribution in [3.05, 3.63) is 28.3 Å². The average molecular weight is 391 g/mol. The molecular weight excluding hydrogens is 367 g/mol. The third-order valence-corrected chi connectivity index (χ3v) is 5.00. The van der Waals surface area contributed by atoms with Crippen molar-refractivity contribution >= 4 is 42.1 Å². The van der Waals surface area contributed by atoms with Crippen LogP contribution in [-0.2, 0) is 0 Å². The van der Waals surface area contributed by atoms with E-state index in [4.69, 9.17) is 0 Å². The van der Waals surface area contributed by atoms with E-state index in [1.165, 1.54) is 0 Å². The molecule has 24 heavy (non-hydrogen) atoms. The number of carbonyl (C=O) groups is 1. The van der Waals surface area contributed by atoms with Crippen LogP contribution in [0.5, 0.6) is 0 Å². The van der Waals surface area contributed by atoms with Gasteiger partial charge in [0.2, 0.25) is 0 Å². The molecule has 3 heterocycles. The number of hydrogen-bond acceptors (Lipinski definition) is 4. The summed E-state index contributed by atoms with van der Waals surface area (Å²) in [6.45, 7) is 4.71. The summed E-state index contributed by atoms with van der Waals surface area (Å²) < 4.78 is 0. The molecule has 0 aromatic carbocycles. The van der Waals surface area contributed by atoms with Gasteiger partial charge in [-0.15, -0.1) is 36.2 Å². The predicted molar refractivity (Wildman–Crippen MR) is 104 cm³/mol. The zero-order valence-electron chi connectivity index (χ0n) is 13.9. The molecule has 2 N–H and O–H groups in total. The van der Waals surface area contributed by atoms with Crippen molar-refractivity contribution in [2.45, 2.75) is 19.8 Å². The number of carbonyl (C=O) groups excluding carboxylic acids is 1. The van der Waals surface area contributed by atoms with E-state index in [9.17, 15) is 4.79 Å². The Labute approximate surface area is 159 Å². The first kappa shape index (κ1) is 21.0. The molecule has 0 aliphatic carbocycles. The molecule has 1 aliphatic rings. The molecule has 0 saturated carbocycles. The number of aromatic nitrogens is 2. The normalized spacial score (nSPS) is 14.8. The molecule has 0 radical (unpaired) electrons. The summed E-state index contributed by atoms with van der Waals surface area (Å²) in [6, 6.07) is 1.91. The molecule has 5 nitrogen and oxygen atoms in total. The van der Waals surface area contributed by atoms with E-state index in [0.717, 1.165) is 48.7 Å². The monoisotopic (exact) mass is 390 g/mol. The highest BCUT2D eigenvalue weighted by atomic mass is 35.5. The first-order valence-corrected chi connectivity index (χ1v) is 8.60. The second kappa shape index (κ2) is 9.42. The second-order valence-corrected chi connectivity index (χ2v) is 6.91. The maximum atomic E-state index is 12.6. The highest BCUT2D eigenvalue weighted by Gasteiger charge is 2.24. The molecular formula is C16H24Cl2N4OS. The molecule has 0 atom stereocenters. The lowest BCUT2D eigenvalue weighted by Crippen LogP contribution is -2.40. The van der Waals surface area contributed by atoms with Crippen molar-refractivity contribution in [1.29, 1.82) is 0 Å². The van der Waals surface area contributed by atoms with E-state index >= 15 is 0 Å². The fourth-order valence-electron chi connectivity index (χ4n) is 2.96. The SMILES string of the molecule is CNCC1CCN(C(=O)c2cc(-c3csc(C)n3)c[nH]2)CC1.Cl.Cl. The number of amides is 1. The molecule has 0 bridgehead atoms. The fraction of sp³-hybridized carbons (Fsp3) is 0.500. The van der Waals surface area contributed by atoms with Crippen LogP contribution in [0.4, 0.5) is 0 Å². The van der Waals surface area contributed by atoms with Crippen LogP contribution < -0.4 is 5.32 Å². The maximum absolute atomic E-state index is 12.6.